The predicted molar refractivity (Wildman–Crippen MR) is 83.4 cm³/mol. The van der Waals surface area contributed by atoms with Crippen LogP contribution in [0.15, 0.2) is 18.2 Å². The lowest BCUT2D eigenvalue weighted by Crippen LogP contribution is -2.51. The number of halogens is 1. The van der Waals surface area contributed by atoms with Crippen LogP contribution in [-0.2, 0) is 6.54 Å². The summed E-state index contributed by atoms with van der Waals surface area (Å²) >= 11 is 6.08. The monoisotopic (exact) mass is 297 g/mol. The lowest BCUT2D eigenvalue weighted by molar-refractivity contribution is 0.0999. The standard InChI is InChI=1S/C15H24ClN3O/c1-12(10-17)19-7-5-18(6-8-19)11-13-9-14(16)3-4-15(13)20-2/h3-4,9,12H,5-8,10-11,17H2,1-2H3. The van der Waals surface area contributed by atoms with E-state index in [0.29, 0.717) is 6.04 Å². The van der Waals surface area contributed by atoms with Crippen molar-refractivity contribution in [2.24, 2.45) is 5.73 Å². The average molecular weight is 298 g/mol. The number of rotatable bonds is 5. The fraction of sp³-hybridized carbons (Fsp3) is 0.600. The molecule has 0 bridgehead atoms. The summed E-state index contributed by atoms with van der Waals surface area (Å²) in [4.78, 5) is 4.89. The van der Waals surface area contributed by atoms with Crippen molar-refractivity contribution in [1.82, 2.24) is 9.80 Å². The van der Waals surface area contributed by atoms with Crippen LogP contribution < -0.4 is 10.5 Å². The highest BCUT2D eigenvalue weighted by Gasteiger charge is 2.21. The predicted octanol–water partition coefficient (Wildman–Crippen LogP) is 1.81. The number of piperazine rings is 1. The highest BCUT2D eigenvalue weighted by Crippen LogP contribution is 2.24. The quantitative estimate of drug-likeness (QED) is 0.900. The number of nitrogens with two attached hydrogens (primary N) is 1. The number of methoxy groups -OCH3 is 1. The zero-order valence-corrected chi connectivity index (χ0v) is 13.1. The molecule has 0 spiro atoms. The van der Waals surface area contributed by atoms with Crippen LogP contribution in [0.4, 0.5) is 0 Å². The molecule has 4 nitrogen and oxygen atoms in total. The topological polar surface area (TPSA) is 41.7 Å². The van der Waals surface area contributed by atoms with Gasteiger partial charge in [-0.1, -0.05) is 11.6 Å². The van der Waals surface area contributed by atoms with Gasteiger partial charge in [0.1, 0.15) is 5.75 Å². The first kappa shape index (κ1) is 15.6. The third-order valence-electron chi connectivity index (χ3n) is 4.01. The lowest BCUT2D eigenvalue weighted by atomic mass is 10.1. The molecule has 2 rings (SSSR count). The summed E-state index contributed by atoms with van der Waals surface area (Å²) in [5.41, 5.74) is 6.88. The van der Waals surface area contributed by atoms with Gasteiger partial charge in [0.2, 0.25) is 0 Å². The molecule has 1 fully saturated rings. The molecule has 1 atom stereocenters. The number of benzene rings is 1. The SMILES string of the molecule is COc1ccc(Cl)cc1CN1CCN(C(C)CN)CC1. The van der Waals surface area contributed by atoms with Gasteiger partial charge in [0.15, 0.2) is 0 Å². The Hall–Kier alpha value is -0.810. The van der Waals surface area contributed by atoms with E-state index in [2.05, 4.69) is 16.7 Å². The third-order valence-corrected chi connectivity index (χ3v) is 4.24. The van der Waals surface area contributed by atoms with Gasteiger partial charge in [-0.15, -0.1) is 0 Å². The minimum Gasteiger partial charge on any atom is -0.496 e. The number of hydrogen-bond acceptors (Lipinski definition) is 4. The first-order valence-corrected chi connectivity index (χ1v) is 7.50. The Morgan fingerprint density at radius 2 is 2.00 bits per heavy atom. The van der Waals surface area contributed by atoms with Crippen molar-refractivity contribution < 1.29 is 4.74 Å². The molecule has 2 N–H and O–H groups in total. The van der Waals surface area contributed by atoms with E-state index in [9.17, 15) is 0 Å². The molecule has 0 saturated carbocycles. The maximum atomic E-state index is 6.08. The van der Waals surface area contributed by atoms with Gasteiger partial charge in [-0.2, -0.15) is 0 Å². The minimum atomic E-state index is 0.470. The van der Waals surface area contributed by atoms with Crippen LogP contribution in [0.3, 0.4) is 0 Å². The zero-order chi connectivity index (χ0) is 14.5. The van der Waals surface area contributed by atoms with E-state index in [4.69, 9.17) is 22.1 Å². The van der Waals surface area contributed by atoms with Crippen molar-refractivity contribution in [3.05, 3.63) is 28.8 Å². The zero-order valence-electron chi connectivity index (χ0n) is 12.3. The molecule has 112 valence electrons. The smallest absolute Gasteiger partial charge is 0.123 e. The van der Waals surface area contributed by atoms with Gasteiger partial charge in [0, 0.05) is 55.9 Å². The molecule has 1 aliphatic rings. The molecule has 1 unspecified atom stereocenters. The highest BCUT2D eigenvalue weighted by molar-refractivity contribution is 6.30. The molecular formula is C15H24ClN3O. The van der Waals surface area contributed by atoms with Gasteiger partial charge in [0.25, 0.3) is 0 Å². The summed E-state index contributed by atoms with van der Waals surface area (Å²) in [7, 11) is 1.70. The van der Waals surface area contributed by atoms with Crippen LogP contribution in [0.1, 0.15) is 12.5 Å². The maximum absolute atomic E-state index is 6.08. The van der Waals surface area contributed by atoms with Crippen LogP contribution in [0, 0.1) is 0 Å². The van der Waals surface area contributed by atoms with Crippen LogP contribution in [0.5, 0.6) is 5.75 Å². The van der Waals surface area contributed by atoms with Crippen molar-refractivity contribution in [3.8, 4) is 5.75 Å². The normalized spacial score (nSPS) is 19.0. The Balaban J connectivity index is 1.94. The molecular weight excluding hydrogens is 274 g/mol. The lowest BCUT2D eigenvalue weighted by Gasteiger charge is -2.37. The van der Waals surface area contributed by atoms with Gasteiger partial charge in [0.05, 0.1) is 7.11 Å². The van der Waals surface area contributed by atoms with Crippen molar-refractivity contribution >= 4 is 11.6 Å². The van der Waals surface area contributed by atoms with E-state index in [1.807, 2.05) is 18.2 Å². The molecule has 0 amide bonds. The molecule has 20 heavy (non-hydrogen) atoms. The Kier molecular flexibility index (Phi) is 5.66. The second kappa shape index (κ2) is 7.27. The second-order valence-corrected chi connectivity index (χ2v) is 5.79. The van der Waals surface area contributed by atoms with E-state index >= 15 is 0 Å². The Morgan fingerprint density at radius 1 is 1.30 bits per heavy atom. The van der Waals surface area contributed by atoms with Crippen LogP contribution in [-0.4, -0.2) is 55.7 Å². The Bertz CT molecular complexity index is 433. The average Bonchev–Trinajstić information content (AvgIpc) is 2.47. The van der Waals surface area contributed by atoms with Gasteiger partial charge >= 0.3 is 0 Å². The molecule has 1 heterocycles. The summed E-state index contributed by atoms with van der Waals surface area (Å²) in [5, 5.41) is 0.760. The summed E-state index contributed by atoms with van der Waals surface area (Å²) < 4.78 is 5.41. The highest BCUT2D eigenvalue weighted by atomic mass is 35.5. The van der Waals surface area contributed by atoms with E-state index in [-0.39, 0.29) is 0 Å². The molecule has 1 aromatic rings. The fourth-order valence-corrected chi connectivity index (χ4v) is 2.82. The van der Waals surface area contributed by atoms with Gasteiger partial charge in [-0.3, -0.25) is 9.80 Å². The van der Waals surface area contributed by atoms with Crippen LogP contribution >= 0.6 is 11.6 Å². The van der Waals surface area contributed by atoms with Crippen LogP contribution in [0.2, 0.25) is 5.02 Å². The van der Waals surface area contributed by atoms with Crippen molar-refractivity contribution in [2.45, 2.75) is 19.5 Å². The summed E-state index contributed by atoms with van der Waals surface area (Å²) in [6, 6.07) is 6.27. The number of ether oxygens (including phenoxy) is 1. The molecule has 1 saturated heterocycles. The second-order valence-electron chi connectivity index (χ2n) is 5.35. The maximum Gasteiger partial charge on any atom is 0.123 e. The third kappa shape index (κ3) is 3.85. The van der Waals surface area contributed by atoms with Gasteiger partial charge in [-0.05, 0) is 25.1 Å². The Labute approximate surface area is 126 Å². The first-order valence-electron chi connectivity index (χ1n) is 7.13. The van der Waals surface area contributed by atoms with Crippen molar-refractivity contribution in [3.63, 3.8) is 0 Å². The van der Waals surface area contributed by atoms with E-state index in [1.54, 1.807) is 7.11 Å². The fourth-order valence-electron chi connectivity index (χ4n) is 2.62. The largest absolute Gasteiger partial charge is 0.496 e. The van der Waals surface area contributed by atoms with E-state index in [1.165, 1.54) is 0 Å². The summed E-state index contributed by atoms with van der Waals surface area (Å²) in [6.45, 7) is 8.05. The molecule has 5 heteroatoms. The molecule has 0 aliphatic carbocycles. The van der Waals surface area contributed by atoms with E-state index < -0.39 is 0 Å². The van der Waals surface area contributed by atoms with Gasteiger partial charge < -0.3 is 10.5 Å². The molecule has 1 aliphatic heterocycles. The van der Waals surface area contributed by atoms with Crippen molar-refractivity contribution in [1.29, 1.82) is 0 Å². The first-order chi connectivity index (χ1) is 9.63. The summed E-state index contributed by atoms with van der Waals surface area (Å²) in [6.07, 6.45) is 0. The molecule has 1 aromatic carbocycles. The summed E-state index contributed by atoms with van der Waals surface area (Å²) in [5.74, 6) is 0.909. The van der Waals surface area contributed by atoms with Crippen molar-refractivity contribution in [2.75, 3.05) is 39.8 Å². The number of hydrogen-bond donors (Lipinski definition) is 1. The van der Waals surface area contributed by atoms with E-state index in [0.717, 1.165) is 55.6 Å². The van der Waals surface area contributed by atoms with Crippen LogP contribution in [0.25, 0.3) is 0 Å². The molecule has 0 aromatic heterocycles. The Morgan fingerprint density at radius 3 is 2.60 bits per heavy atom. The number of nitrogens with zero attached hydrogens (tertiary/aromatic N) is 2. The minimum absolute atomic E-state index is 0.470. The van der Waals surface area contributed by atoms with Gasteiger partial charge in [-0.25, -0.2) is 0 Å². The molecule has 0 radical (unpaired) electrons.